The number of rotatable bonds is 11. The molecule has 3 nitrogen and oxygen atoms in total. The van der Waals surface area contributed by atoms with Gasteiger partial charge in [0.2, 0.25) is 0 Å². The van der Waals surface area contributed by atoms with Crippen molar-refractivity contribution in [2.45, 2.75) is 57.5 Å². The summed E-state index contributed by atoms with van der Waals surface area (Å²) >= 11 is 0. The van der Waals surface area contributed by atoms with E-state index in [0.29, 0.717) is 0 Å². The number of methoxy groups -OCH3 is 1. The Morgan fingerprint density at radius 3 is 2.23 bits per heavy atom. The first-order valence-electron chi connectivity index (χ1n) is 8.55. The average molecular weight is 307 g/mol. The van der Waals surface area contributed by atoms with Gasteiger partial charge in [-0.2, -0.15) is 0 Å². The number of hydrogen-bond donors (Lipinski definition) is 1. The molecule has 1 rings (SSSR count). The van der Waals surface area contributed by atoms with Crippen LogP contribution in [0.2, 0.25) is 0 Å². The van der Waals surface area contributed by atoms with Crippen molar-refractivity contribution in [3.8, 4) is 5.75 Å². The first-order valence-corrected chi connectivity index (χ1v) is 8.55. The lowest BCUT2D eigenvalue weighted by molar-refractivity contribution is 0.116. The van der Waals surface area contributed by atoms with Crippen LogP contribution in [0.25, 0.3) is 0 Å². The number of likely N-dealkylation sites (N-methyl/N-ethyl adjacent to an activating group) is 1. The van der Waals surface area contributed by atoms with Gasteiger partial charge in [0, 0.05) is 12.5 Å². The number of benzene rings is 1. The van der Waals surface area contributed by atoms with Crippen LogP contribution in [0.15, 0.2) is 24.3 Å². The molecule has 0 amide bonds. The van der Waals surface area contributed by atoms with Crippen molar-refractivity contribution in [3.05, 3.63) is 29.8 Å². The molecule has 0 bridgehead atoms. The zero-order valence-corrected chi connectivity index (χ0v) is 14.7. The molecule has 0 radical (unpaired) electrons. The van der Waals surface area contributed by atoms with Gasteiger partial charge in [0.05, 0.1) is 13.2 Å². The van der Waals surface area contributed by atoms with Gasteiger partial charge in [0.15, 0.2) is 0 Å². The lowest BCUT2D eigenvalue weighted by Crippen LogP contribution is -2.29. The van der Waals surface area contributed by atoms with Gasteiger partial charge in [-0.05, 0) is 38.2 Å². The molecule has 0 spiro atoms. The maximum Gasteiger partial charge on any atom is 0.118 e. The number of hydrogen-bond acceptors (Lipinski definition) is 3. The molecule has 3 heteroatoms. The third-order valence-electron chi connectivity index (χ3n) is 4.17. The quantitative estimate of drug-likeness (QED) is 0.626. The van der Waals surface area contributed by atoms with Crippen LogP contribution in [0.5, 0.6) is 5.75 Å². The molecule has 0 aliphatic rings. The molecular formula is C19H33NO2. The predicted octanol–water partition coefficient (Wildman–Crippen LogP) is 4.06. The van der Waals surface area contributed by atoms with Gasteiger partial charge >= 0.3 is 0 Å². The highest BCUT2D eigenvalue weighted by molar-refractivity contribution is 5.30. The Morgan fingerprint density at radius 2 is 1.68 bits per heavy atom. The van der Waals surface area contributed by atoms with Crippen LogP contribution in [0.4, 0.5) is 0 Å². The fourth-order valence-electron chi connectivity index (χ4n) is 2.85. The first-order chi connectivity index (χ1) is 10.6. The summed E-state index contributed by atoms with van der Waals surface area (Å²) in [6, 6.07) is 8.11. The Morgan fingerprint density at radius 1 is 1.05 bits per heavy atom. The Kier molecular flexibility index (Phi) is 9.17. The van der Waals surface area contributed by atoms with Gasteiger partial charge in [0.1, 0.15) is 5.75 Å². The van der Waals surface area contributed by atoms with Crippen molar-refractivity contribution in [2.24, 2.45) is 0 Å². The Balaban J connectivity index is 2.61. The number of aliphatic hydroxyl groups is 1. The summed E-state index contributed by atoms with van der Waals surface area (Å²) < 4.78 is 5.22. The van der Waals surface area contributed by atoms with Gasteiger partial charge in [-0.25, -0.2) is 0 Å². The molecule has 0 heterocycles. The summed E-state index contributed by atoms with van der Waals surface area (Å²) in [5.41, 5.74) is 1.19. The second-order valence-corrected chi connectivity index (χ2v) is 6.41. The van der Waals surface area contributed by atoms with Crippen LogP contribution in [0.1, 0.15) is 56.9 Å². The standard InChI is InChI=1S/C19H33NO2/c1-5-6-7-8-9-10-19(21)18(15-20(2)3)16-11-13-17(22-4)14-12-16/h11-14,18-19,21H,5-10,15H2,1-4H3. The predicted molar refractivity (Wildman–Crippen MR) is 93.7 cm³/mol. The minimum atomic E-state index is -0.280. The smallest absolute Gasteiger partial charge is 0.118 e. The first kappa shape index (κ1) is 19.0. The zero-order valence-electron chi connectivity index (χ0n) is 14.7. The van der Waals surface area contributed by atoms with Gasteiger partial charge in [-0.3, -0.25) is 0 Å². The van der Waals surface area contributed by atoms with E-state index >= 15 is 0 Å². The van der Waals surface area contributed by atoms with E-state index < -0.39 is 0 Å². The molecule has 0 aromatic heterocycles. The number of ether oxygens (including phenoxy) is 1. The lowest BCUT2D eigenvalue weighted by Gasteiger charge is -2.26. The highest BCUT2D eigenvalue weighted by Gasteiger charge is 2.21. The van der Waals surface area contributed by atoms with Crippen molar-refractivity contribution in [2.75, 3.05) is 27.7 Å². The SMILES string of the molecule is CCCCCCCC(O)C(CN(C)C)c1ccc(OC)cc1. The minimum Gasteiger partial charge on any atom is -0.497 e. The van der Waals surface area contributed by atoms with Crippen LogP contribution < -0.4 is 4.74 Å². The Bertz CT molecular complexity index is 389. The molecule has 0 saturated heterocycles. The molecule has 0 fully saturated rings. The summed E-state index contributed by atoms with van der Waals surface area (Å²) in [5.74, 6) is 1.02. The zero-order chi connectivity index (χ0) is 16.4. The van der Waals surface area contributed by atoms with Crippen LogP contribution in [0, 0.1) is 0 Å². The van der Waals surface area contributed by atoms with Crippen molar-refractivity contribution in [1.29, 1.82) is 0 Å². The molecule has 0 saturated carbocycles. The summed E-state index contributed by atoms with van der Waals surface area (Å²) in [4.78, 5) is 2.15. The second kappa shape index (κ2) is 10.6. The Hall–Kier alpha value is -1.06. The highest BCUT2D eigenvalue weighted by Crippen LogP contribution is 2.26. The molecular weight excluding hydrogens is 274 g/mol. The maximum absolute atomic E-state index is 10.6. The molecule has 0 aliphatic heterocycles. The highest BCUT2D eigenvalue weighted by atomic mass is 16.5. The third kappa shape index (κ3) is 6.80. The normalized spacial score (nSPS) is 14.1. The molecule has 1 aromatic rings. The molecule has 0 aliphatic carbocycles. The molecule has 126 valence electrons. The van der Waals surface area contributed by atoms with Crippen LogP contribution in [-0.4, -0.2) is 43.9 Å². The van der Waals surface area contributed by atoms with Crippen LogP contribution in [-0.2, 0) is 0 Å². The molecule has 2 unspecified atom stereocenters. The molecule has 22 heavy (non-hydrogen) atoms. The summed E-state index contributed by atoms with van der Waals surface area (Å²) in [5, 5.41) is 10.6. The van der Waals surface area contributed by atoms with Crippen molar-refractivity contribution >= 4 is 0 Å². The molecule has 1 aromatic carbocycles. The van der Waals surface area contributed by atoms with E-state index in [0.717, 1.165) is 25.1 Å². The Labute approximate surface area is 136 Å². The van der Waals surface area contributed by atoms with E-state index in [4.69, 9.17) is 4.74 Å². The van der Waals surface area contributed by atoms with Gasteiger partial charge in [-0.1, -0.05) is 51.2 Å². The second-order valence-electron chi connectivity index (χ2n) is 6.41. The van der Waals surface area contributed by atoms with Gasteiger partial charge < -0.3 is 14.7 Å². The van der Waals surface area contributed by atoms with Gasteiger partial charge in [-0.15, -0.1) is 0 Å². The van der Waals surface area contributed by atoms with E-state index in [2.05, 4.69) is 38.1 Å². The number of unbranched alkanes of at least 4 members (excludes halogenated alkanes) is 4. The van der Waals surface area contributed by atoms with E-state index in [1.54, 1.807) is 7.11 Å². The fourth-order valence-corrected chi connectivity index (χ4v) is 2.85. The minimum absolute atomic E-state index is 0.159. The topological polar surface area (TPSA) is 32.7 Å². The summed E-state index contributed by atoms with van der Waals surface area (Å²) in [6.45, 7) is 3.09. The number of nitrogens with zero attached hydrogens (tertiary/aromatic N) is 1. The summed E-state index contributed by atoms with van der Waals surface area (Å²) in [6.07, 6.45) is 6.78. The van der Waals surface area contributed by atoms with Crippen molar-refractivity contribution in [1.82, 2.24) is 4.90 Å². The molecule has 1 N–H and O–H groups in total. The van der Waals surface area contributed by atoms with E-state index in [1.807, 2.05) is 12.1 Å². The average Bonchev–Trinajstić information content (AvgIpc) is 2.52. The monoisotopic (exact) mass is 307 g/mol. The fraction of sp³-hybridized carbons (Fsp3) is 0.684. The summed E-state index contributed by atoms with van der Waals surface area (Å²) in [7, 11) is 5.80. The largest absolute Gasteiger partial charge is 0.497 e. The van der Waals surface area contributed by atoms with E-state index in [9.17, 15) is 5.11 Å². The van der Waals surface area contributed by atoms with Gasteiger partial charge in [0.25, 0.3) is 0 Å². The lowest BCUT2D eigenvalue weighted by atomic mass is 9.89. The molecule has 2 atom stereocenters. The van der Waals surface area contributed by atoms with E-state index in [1.165, 1.54) is 31.2 Å². The maximum atomic E-state index is 10.6. The van der Waals surface area contributed by atoms with Crippen LogP contribution >= 0.6 is 0 Å². The van der Waals surface area contributed by atoms with Crippen molar-refractivity contribution in [3.63, 3.8) is 0 Å². The third-order valence-corrected chi connectivity index (χ3v) is 4.17. The van der Waals surface area contributed by atoms with Crippen LogP contribution in [0.3, 0.4) is 0 Å². The number of aliphatic hydroxyl groups excluding tert-OH is 1. The van der Waals surface area contributed by atoms with E-state index in [-0.39, 0.29) is 12.0 Å². The van der Waals surface area contributed by atoms with Crippen molar-refractivity contribution < 1.29 is 9.84 Å².